The molecular weight excluding hydrogens is 704 g/mol. The molecule has 0 spiro atoms. The predicted octanol–water partition coefficient (Wildman–Crippen LogP) is 16.1. The molecule has 10 aromatic carbocycles. The Labute approximate surface area is 335 Å². The van der Waals surface area contributed by atoms with Gasteiger partial charge < -0.3 is 0 Å². The number of benzene rings is 10. The number of hydrogen-bond donors (Lipinski definition) is 0. The van der Waals surface area contributed by atoms with E-state index in [4.69, 9.17) is 0 Å². The highest BCUT2D eigenvalue weighted by Gasteiger charge is 2.34. The normalized spacial score (nSPS) is 15.2. The lowest BCUT2D eigenvalue weighted by Crippen LogP contribution is -2.08. The molecule has 0 bridgehead atoms. The van der Waals surface area contributed by atoms with Crippen molar-refractivity contribution in [3.05, 3.63) is 235 Å². The minimum Gasteiger partial charge on any atom is -0.0640 e. The minimum atomic E-state index is -0.471. The fraction of sp³-hybridized carbons (Fsp3) is 0.0357. The second-order valence-electron chi connectivity index (χ2n) is 15.3. The van der Waals surface area contributed by atoms with Gasteiger partial charge in [-0.15, -0.1) is 0 Å². The highest BCUT2D eigenvalue weighted by atomic mass is 31.1. The molecule has 0 amide bonds. The van der Waals surface area contributed by atoms with Crippen LogP contribution in [0.3, 0.4) is 0 Å². The Morgan fingerprint density at radius 3 is 1.44 bits per heavy atom. The zero-order valence-corrected chi connectivity index (χ0v) is 32.4. The molecule has 0 nitrogen and oxygen atoms in total. The van der Waals surface area contributed by atoms with Gasteiger partial charge in [-0.05, 0) is 129 Å². The van der Waals surface area contributed by atoms with E-state index in [2.05, 4.69) is 218 Å². The van der Waals surface area contributed by atoms with E-state index < -0.39 is 7.92 Å². The summed E-state index contributed by atoms with van der Waals surface area (Å²) in [5.41, 5.74) is 12.1. The first kappa shape index (κ1) is 33.7. The zero-order chi connectivity index (χ0) is 37.7. The standard InChI is InChI=1S/C56H39P/c1-4-14-38(15-5-1)37-57-53(42-20-8-3-9-21-42)36-54(57)46-29-31-50-52(35-46)56(48-27-25-41-19-11-13-23-44(41)33-48)49-30-28-45(39-16-6-2-7-17-39)34-51(49)55(50)47-26-24-40-18-10-12-22-43(40)32-47/h1-36,54H,37H2. The van der Waals surface area contributed by atoms with E-state index in [0.29, 0.717) is 5.66 Å². The Morgan fingerprint density at radius 1 is 0.333 bits per heavy atom. The highest BCUT2D eigenvalue weighted by Crippen LogP contribution is 2.71. The summed E-state index contributed by atoms with van der Waals surface area (Å²) in [6, 6.07) is 79.0. The molecule has 268 valence electrons. The molecule has 57 heavy (non-hydrogen) atoms. The van der Waals surface area contributed by atoms with Gasteiger partial charge in [-0.2, -0.15) is 0 Å². The van der Waals surface area contributed by atoms with E-state index in [-0.39, 0.29) is 0 Å². The average Bonchev–Trinajstić information content (AvgIpc) is 3.27. The first-order valence-corrected chi connectivity index (χ1v) is 21.5. The summed E-state index contributed by atoms with van der Waals surface area (Å²) < 4.78 is 0. The molecular formula is C56H39P. The second-order valence-corrected chi connectivity index (χ2v) is 17.6. The van der Waals surface area contributed by atoms with Crippen molar-refractivity contribution < 1.29 is 0 Å². The molecule has 0 saturated heterocycles. The molecule has 0 aromatic heterocycles. The molecule has 0 N–H and O–H groups in total. The molecule has 1 aliphatic heterocycles. The van der Waals surface area contributed by atoms with Crippen LogP contribution in [0.5, 0.6) is 0 Å². The lowest BCUT2D eigenvalue weighted by atomic mass is 9.83. The SMILES string of the molecule is C1=C(c2ccccc2)P(Cc2ccccc2)C1c1ccc2c(-c3ccc4ccccc4c3)c3cc(-c4ccccc4)ccc3c(-c3ccc4ccccc4c3)c2c1. The van der Waals surface area contributed by atoms with Gasteiger partial charge in [-0.25, -0.2) is 0 Å². The van der Waals surface area contributed by atoms with Crippen molar-refractivity contribution in [1.82, 2.24) is 0 Å². The van der Waals surface area contributed by atoms with E-state index in [9.17, 15) is 0 Å². The molecule has 2 unspecified atom stereocenters. The maximum atomic E-state index is 2.55. The fourth-order valence-electron chi connectivity index (χ4n) is 9.07. The van der Waals surface area contributed by atoms with Crippen LogP contribution < -0.4 is 0 Å². The van der Waals surface area contributed by atoms with Crippen LogP contribution in [-0.4, -0.2) is 0 Å². The molecule has 2 atom stereocenters. The first-order chi connectivity index (χ1) is 28.2. The van der Waals surface area contributed by atoms with Crippen molar-refractivity contribution in [3.63, 3.8) is 0 Å². The summed E-state index contributed by atoms with van der Waals surface area (Å²) in [5.74, 6) is 0. The van der Waals surface area contributed by atoms with Crippen LogP contribution in [0.15, 0.2) is 218 Å². The molecule has 10 aromatic rings. The van der Waals surface area contributed by atoms with E-state index in [1.807, 2.05) is 0 Å². The summed E-state index contributed by atoms with van der Waals surface area (Å²) in [5, 5.41) is 11.7. The minimum absolute atomic E-state index is 0.365. The van der Waals surface area contributed by atoms with Crippen molar-refractivity contribution >= 4 is 56.3 Å². The van der Waals surface area contributed by atoms with Crippen LogP contribution in [0.2, 0.25) is 0 Å². The summed E-state index contributed by atoms with van der Waals surface area (Å²) in [6.45, 7) is 0. The third-order valence-electron chi connectivity index (χ3n) is 11.9. The van der Waals surface area contributed by atoms with Crippen molar-refractivity contribution in [2.75, 3.05) is 0 Å². The lowest BCUT2D eigenvalue weighted by Gasteiger charge is -2.38. The molecule has 0 radical (unpaired) electrons. The van der Waals surface area contributed by atoms with Crippen molar-refractivity contribution in [1.29, 1.82) is 0 Å². The lowest BCUT2D eigenvalue weighted by molar-refractivity contribution is 1.17. The van der Waals surface area contributed by atoms with E-state index in [0.717, 1.165) is 6.16 Å². The summed E-state index contributed by atoms with van der Waals surface area (Å²) in [6.07, 6.45) is 3.62. The number of hydrogen-bond acceptors (Lipinski definition) is 0. The van der Waals surface area contributed by atoms with Gasteiger partial charge in [-0.3, -0.25) is 0 Å². The Balaban J connectivity index is 1.20. The number of fused-ring (bicyclic) bond motifs is 4. The Morgan fingerprint density at radius 2 is 0.825 bits per heavy atom. The van der Waals surface area contributed by atoms with Crippen LogP contribution in [0.1, 0.15) is 22.3 Å². The topological polar surface area (TPSA) is 0 Å². The second kappa shape index (κ2) is 14.2. The van der Waals surface area contributed by atoms with Crippen LogP contribution in [0, 0.1) is 0 Å². The van der Waals surface area contributed by atoms with Crippen molar-refractivity contribution in [2.24, 2.45) is 0 Å². The molecule has 0 fully saturated rings. The maximum absolute atomic E-state index is 2.55. The Bertz CT molecular complexity index is 3140. The predicted molar refractivity (Wildman–Crippen MR) is 247 cm³/mol. The summed E-state index contributed by atoms with van der Waals surface area (Å²) in [4.78, 5) is 0. The molecule has 1 aliphatic rings. The van der Waals surface area contributed by atoms with E-state index in [1.165, 1.54) is 98.5 Å². The van der Waals surface area contributed by atoms with Gasteiger partial charge in [0.2, 0.25) is 0 Å². The van der Waals surface area contributed by atoms with Gasteiger partial charge in [0.1, 0.15) is 0 Å². The Hall–Kier alpha value is -6.59. The third kappa shape index (κ3) is 6.06. The van der Waals surface area contributed by atoms with Crippen LogP contribution >= 0.6 is 7.92 Å². The van der Waals surface area contributed by atoms with E-state index >= 15 is 0 Å². The van der Waals surface area contributed by atoms with Crippen LogP contribution in [0.4, 0.5) is 0 Å². The first-order valence-electron chi connectivity index (χ1n) is 19.9. The quantitative estimate of drug-likeness (QED) is 0.113. The van der Waals surface area contributed by atoms with Gasteiger partial charge in [0.25, 0.3) is 0 Å². The van der Waals surface area contributed by atoms with Gasteiger partial charge >= 0.3 is 0 Å². The van der Waals surface area contributed by atoms with Gasteiger partial charge in [0.05, 0.1) is 0 Å². The van der Waals surface area contributed by atoms with E-state index in [1.54, 1.807) is 0 Å². The molecule has 0 saturated carbocycles. The number of allylic oxidation sites excluding steroid dienone is 1. The molecule has 1 heteroatoms. The smallest absolute Gasteiger partial charge is 0.0274 e. The largest absolute Gasteiger partial charge is 0.0640 e. The summed E-state index contributed by atoms with van der Waals surface area (Å²) >= 11 is 0. The Kier molecular flexibility index (Phi) is 8.38. The molecule has 11 rings (SSSR count). The molecule has 0 aliphatic carbocycles. The van der Waals surface area contributed by atoms with Crippen molar-refractivity contribution in [3.8, 4) is 33.4 Å². The summed E-state index contributed by atoms with van der Waals surface area (Å²) in [7, 11) is -0.471. The van der Waals surface area contributed by atoms with Gasteiger partial charge in [0, 0.05) is 5.66 Å². The highest BCUT2D eigenvalue weighted by molar-refractivity contribution is 7.70. The van der Waals surface area contributed by atoms with Gasteiger partial charge in [-0.1, -0.05) is 202 Å². The van der Waals surface area contributed by atoms with Crippen LogP contribution in [-0.2, 0) is 6.16 Å². The molecule has 1 heterocycles. The number of rotatable bonds is 7. The zero-order valence-electron chi connectivity index (χ0n) is 31.5. The monoisotopic (exact) mass is 742 g/mol. The van der Waals surface area contributed by atoms with Crippen molar-refractivity contribution in [2.45, 2.75) is 11.8 Å². The maximum Gasteiger partial charge on any atom is 0.0274 e. The fourth-order valence-corrected chi connectivity index (χ4v) is 11.8. The van der Waals surface area contributed by atoms with Gasteiger partial charge in [0.15, 0.2) is 0 Å². The third-order valence-corrected chi connectivity index (χ3v) is 14.7. The average molecular weight is 743 g/mol. The van der Waals surface area contributed by atoms with Crippen LogP contribution in [0.25, 0.3) is 81.8 Å².